The van der Waals surface area contributed by atoms with Gasteiger partial charge in [0.1, 0.15) is 12.1 Å². The summed E-state index contributed by atoms with van der Waals surface area (Å²) in [6, 6.07) is 0.426. The van der Waals surface area contributed by atoms with Crippen molar-refractivity contribution in [3.8, 4) is 0 Å². The Morgan fingerprint density at radius 3 is 2.85 bits per heavy atom. The van der Waals surface area contributed by atoms with Crippen LogP contribution in [0.4, 0.5) is 0 Å². The van der Waals surface area contributed by atoms with Crippen LogP contribution in [0.15, 0.2) is 4.99 Å². The number of hydrogen-bond donors (Lipinski definition) is 1. The molecule has 0 radical (unpaired) electrons. The van der Waals surface area contributed by atoms with Crippen LogP contribution in [0, 0.1) is 5.92 Å². The van der Waals surface area contributed by atoms with Crippen LogP contribution in [0.1, 0.15) is 25.7 Å². The van der Waals surface area contributed by atoms with E-state index < -0.39 is 0 Å². The van der Waals surface area contributed by atoms with Crippen molar-refractivity contribution in [2.45, 2.75) is 37.8 Å². The highest BCUT2D eigenvalue weighted by atomic mass is 16.5. The van der Waals surface area contributed by atoms with Crippen LogP contribution in [0.5, 0.6) is 0 Å². The number of rotatable bonds is 1. The van der Waals surface area contributed by atoms with Gasteiger partial charge in [-0.1, -0.05) is 12.8 Å². The van der Waals surface area contributed by atoms with E-state index in [4.69, 9.17) is 4.74 Å². The van der Waals surface area contributed by atoms with Crippen LogP contribution >= 0.6 is 0 Å². The summed E-state index contributed by atoms with van der Waals surface area (Å²) in [5, 5.41) is 3.30. The van der Waals surface area contributed by atoms with Crippen LogP contribution in [-0.2, 0) is 4.74 Å². The Morgan fingerprint density at radius 1 is 1.23 bits per heavy atom. The summed E-state index contributed by atoms with van der Waals surface area (Å²) >= 11 is 0. The average molecular weight is 180 g/mol. The molecular weight excluding hydrogens is 164 g/mol. The second-order valence-electron chi connectivity index (χ2n) is 4.33. The molecule has 0 spiro atoms. The van der Waals surface area contributed by atoms with Crippen LogP contribution in [-0.4, -0.2) is 31.1 Å². The quantitative estimate of drug-likeness (QED) is 0.651. The maximum absolute atomic E-state index is 5.86. The molecule has 2 heterocycles. The second kappa shape index (κ2) is 2.98. The molecule has 3 aliphatic rings. The van der Waals surface area contributed by atoms with Crippen LogP contribution in [0.3, 0.4) is 0 Å². The van der Waals surface area contributed by atoms with Gasteiger partial charge in [0.25, 0.3) is 0 Å². The molecule has 3 heteroatoms. The van der Waals surface area contributed by atoms with E-state index in [0.717, 1.165) is 19.0 Å². The predicted molar refractivity (Wildman–Crippen MR) is 50.9 cm³/mol. The zero-order valence-corrected chi connectivity index (χ0v) is 7.83. The van der Waals surface area contributed by atoms with Gasteiger partial charge in [-0.15, -0.1) is 0 Å². The monoisotopic (exact) mass is 180 g/mol. The lowest BCUT2D eigenvalue weighted by Gasteiger charge is -2.12. The van der Waals surface area contributed by atoms with E-state index in [9.17, 15) is 0 Å². The second-order valence-corrected chi connectivity index (χ2v) is 4.33. The lowest BCUT2D eigenvalue weighted by molar-refractivity contribution is 0.211. The maximum Gasteiger partial charge on any atom is 0.187 e. The Bertz CT molecular complexity index is 233. The molecule has 2 aliphatic heterocycles. The molecule has 3 nitrogen and oxygen atoms in total. The van der Waals surface area contributed by atoms with Crippen molar-refractivity contribution in [1.82, 2.24) is 5.32 Å². The molecule has 2 fully saturated rings. The van der Waals surface area contributed by atoms with Gasteiger partial charge in [-0.3, -0.25) is 0 Å². The minimum Gasteiger partial charge on any atom is -0.474 e. The third-order valence-corrected chi connectivity index (χ3v) is 3.40. The van der Waals surface area contributed by atoms with Crippen LogP contribution < -0.4 is 5.32 Å². The van der Waals surface area contributed by atoms with Gasteiger partial charge in [-0.25, -0.2) is 4.99 Å². The Morgan fingerprint density at radius 2 is 2.08 bits per heavy atom. The summed E-state index contributed by atoms with van der Waals surface area (Å²) in [6.07, 6.45) is 5.68. The number of aliphatic imine (C=N–C) groups is 1. The zero-order chi connectivity index (χ0) is 8.67. The normalized spacial score (nSPS) is 38.9. The lowest BCUT2D eigenvalue weighted by Crippen LogP contribution is -2.22. The molecule has 2 atom stereocenters. The summed E-state index contributed by atoms with van der Waals surface area (Å²) < 4.78 is 5.86. The first-order chi connectivity index (χ1) is 6.43. The Kier molecular flexibility index (Phi) is 1.79. The van der Waals surface area contributed by atoms with E-state index in [2.05, 4.69) is 10.3 Å². The van der Waals surface area contributed by atoms with Gasteiger partial charge >= 0.3 is 0 Å². The van der Waals surface area contributed by atoms with E-state index in [1.54, 1.807) is 0 Å². The molecule has 0 bridgehead atoms. The lowest BCUT2D eigenvalue weighted by atomic mass is 10.1. The van der Waals surface area contributed by atoms with E-state index in [-0.39, 0.29) is 0 Å². The highest BCUT2D eigenvalue weighted by Crippen LogP contribution is 2.30. The third-order valence-electron chi connectivity index (χ3n) is 3.40. The minimum atomic E-state index is 0.357. The maximum atomic E-state index is 5.86. The standard InChI is InChI=1S/C10H16N2O/c1-2-4-7(3-1)10-12-8-5-11-6-9(8)13-10/h7-9,11H,1-6H2. The van der Waals surface area contributed by atoms with E-state index in [1.807, 2.05) is 0 Å². The molecule has 1 saturated heterocycles. The molecule has 0 aromatic rings. The summed E-state index contributed by atoms with van der Waals surface area (Å²) in [5.41, 5.74) is 0. The van der Waals surface area contributed by atoms with Crippen molar-refractivity contribution in [3.05, 3.63) is 0 Å². The number of fused-ring (bicyclic) bond motifs is 1. The van der Waals surface area contributed by atoms with Gasteiger partial charge < -0.3 is 10.1 Å². The first-order valence-electron chi connectivity index (χ1n) is 5.38. The molecule has 0 aromatic heterocycles. The highest BCUT2D eigenvalue weighted by molar-refractivity contribution is 5.81. The predicted octanol–water partition coefficient (Wildman–Crippen LogP) is 0.946. The largest absolute Gasteiger partial charge is 0.474 e. The summed E-state index contributed by atoms with van der Waals surface area (Å²) in [6.45, 7) is 2.01. The SMILES string of the molecule is C1CCC(C2=NC3CNCC3O2)C1. The minimum absolute atomic E-state index is 0.357. The topological polar surface area (TPSA) is 33.6 Å². The Hall–Kier alpha value is -0.570. The molecule has 1 N–H and O–H groups in total. The van der Waals surface area contributed by atoms with Gasteiger partial charge in [0.15, 0.2) is 5.90 Å². The number of nitrogens with zero attached hydrogens (tertiary/aromatic N) is 1. The summed E-state index contributed by atoms with van der Waals surface area (Å²) in [7, 11) is 0. The number of hydrogen-bond acceptors (Lipinski definition) is 3. The molecular formula is C10H16N2O. The van der Waals surface area contributed by atoms with Crippen molar-refractivity contribution in [3.63, 3.8) is 0 Å². The van der Waals surface area contributed by atoms with E-state index in [1.165, 1.54) is 25.7 Å². The molecule has 13 heavy (non-hydrogen) atoms. The molecule has 1 aliphatic carbocycles. The number of nitrogens with one attached hydrogen (secondary N) is 1. The van der Waals surface area contributed by atoms with Crippen molar-refractivity contribution >= 4 is 5.90 Å². The smallest absolute Gasteiger partial charge is 0.187 e. The fourth-order valence-corrected chi connectivity index (χ4v) is 2.61. The van der Waals surface area contributed by atoms with Gasteiger partial charge in [0, 0.05) is 19.0 Å². The van der Waals surface area contributed by atoms with Crippen molar-refractivity contribution in [2.75, 3.05) is 13.1 Å². The fraction of sp³-hybridized carbons (Fsp3) is 0.900. The van der Waals surface area contributed by atoms with E-state index >= 15 is 0 Å². The number of ether oxygens (including phenoxy) is 1. The first kappa shape index (κ1) is 7.80. The van der Waals surface area contributed by atoms with Gasteiger partial charge in [-0.2, -0.15) is 0 Å². The fourth-order valence-electron chi connectivity index (χ4n) is 2.61. The van der Waals surface area contributed by atoms with Gasteiger partial charge in [0.05, 0.1) is 0 Å². The van der Waals surface area contributed by atoms with Crippen LogP contribution in [0.25, 0.3) is 0 Å². The first-order valence-corrected chi connectivity index (χ1v) is 5.38. The van der Waals surface area contributed by atoms with Gasteiger partial charge in [0.2, 0.25) is 0 Å². The molecule has 3 rings (SSSR count). The molecule has 2 unspecified atom stereocenters. The average Bonchev–Trinajstić information content (AvgIpc) is 2.78. The van der Waals surface area contributed by atoms with Crippen LogP contribution in [0.2, 0.25) is 0 Å². The third kappa shape index (κ3) is 1.26. The van der Waals surface area contributed by atoms with Gasteiger partial charge in [-0.05, 0) is 12.8 Å². The highest BCUT2D eigenvalue weighted by Gasteiger charge is 2.37. The summed E-state index contributed by atoms with van der Waals surface area (Å²) in [5.74, 6) is 1.74. The Balaban J connectivity index is 1.72. The van der Waals surface area contributed by atoms with Crippen molar-refractivity contribution in [1.29, 1.82) is 0 Å². The molecule has 72 valence electrons. The molecule has 1 saturated carbocycles. The van der Waals surface area contributed by atoms with Crippen molar-refractivity contribution < 1.29 is 4.74 Å². The zero-order valence-electron chi connectivity index (χ0n) is 7.83. The Labute approximate surface area is 78.6 Å². The van der Waals surface area contributed by atoms with E-state index in [0.29, 0.717) is 18.1 Å². The molecule has 0 aromatic carbocycles. The van der Waals surface area contributed by atoms with Crippen molar-refractivity contribution in [2.24, 2.45) is 10.9 Å². The summed E-state index contributed by atoms with van der Waals surface area (Å²) in [4.78, 5) is 4.66. The molecule has 0 amide bonds.